The molecule has 0 radical (unpaired) electrons. The van der Waals surface area contributed by atoms with Gasteiger partial charge in [0, 0.05) is 45.5 Å². The molecule has 1 aromatic rings. The van der Waals surface area contributed by atoms with Crippen molar-refractivity contribution in [3.05, 3.63) is 12.3 Å². The highest BCUT2D eigenvalue weighted by atomic mass is 32.2. The molecule has 16 heavy (non-hydrogen) atoms. The lowest BCUT2D eigenvalue weighted by atomic mass is 10.4. The van der Waals surface area contributed by atoms with Crippen LogP contribution in [0.4, 0.5) is 5.82 Å². The Morgan fingerprint density at radius 1 is 1.44 bits per heavy atom. The maximum atomic E-state index is 11.9. The van der Waals surface area contributed by atoms with E-state index in [1.165, 1.54) is 4.31 Å². The quantitative estimate of drug-likeness (QED) is 0.714. The summed E-state index contributed by atoms with van der Waals surface area (Å²) in [5.41, 5.74) is 0. The maximum absolute atomic E-state index is 11.9. The monoisotopic (exact) mass is 245 g/mol. The number of hydrogen-bond acceptors (Lipinski definition) is 4. The van der Waals surface area contributed by atoms with Crippen molar-refractivity contribution in [2.24, 2.45) is 7.05 Å². The fourth-order valence-electron chi connectivity index (χ4n) is 1.55. The zero-order chi connectivity index (χ0) is 11.6. The van der Waals surface area contributed by atoms with Crippen LogP contribution in [0.2, 0.25) is 0 Å². The van der Waals surface area contributed by atoms with Crippen LogP contribution < -0.4 is 10.0 Å². The van der Waals surface area contributed by atoms with E-state index in [9.17, 15) is 8.42 Å². The van der Waals surface area contributed by atoms with Crippen molar-refractivity contribution in [1.29, 1.82) is 0 Å². The van der Waals surface area contributed by atoms with E-state index in [0.717, 1.165) is 0 Å². The first kappa shape index (κ1) is 11.4. The van der Waals surface area contributed by atoms with Crippen molar-refractivity contribution >= 4 is 16.0 Å². The fourth-order valence-corrected chi connectivity index (χ4v) is 2.72. The third-order valence-electron chi connectivity index (χ3n) is 2.36. The van der Waals surface area contributed by atoms with Gasteiger partial charge in [-0.05, 0) is 0 Å². The molecule has 0 spiro atoms. The molecule has 90 valence electrons. The summed E-state index contributed by atoms with van der Waals surface area (Å²) in [5, 5.41) is 7.08. The summed E-state index contributed by atoms with van der Waals surface area (Å²) in [5.74, 6) is 0.348. The second kappa shape index (κ2) is 4.40. The topological polar surface area (TPSA) is 79.3 Å². The van der Waals surface area contributed by atoms with E-state index in [2.05, 4.69) is 15.1 Å². The normalized spacial score (nSPS) is 18.6. The lowest BCUT2D eigenvalue weighted by Crippen LogP contribution is -2.48. The summed E-state index contributed by atoms with van der Waals surface area (Å²) in [6.45, 7) is 2.34. The van der Waals surface area contributed by atoms with Gasteiger partial charge in [-0.2, -0.15) is 17.8 Å². The zero-order valence-corrected chi connectivity index (χ0v) is 9.87. The van der Waals surface area contributed by atoms with Gasteiger partial charge in [0.25, 0.3) is 0 Å². The molecule has 0 atom stereocenters. The summed E-state index contributed by atoms with van der Waals surface area (Å²) in [7, 11) is -1.72. The van der Waals surface area contributed by atoms with Crippen LogP contribution in [0.3, 0.4) is 0 Å². The first-order valence-electron chi connectivity index (χ1n) is 5.06. The maximum Gasteiger partial charge on any atom is 0.302 e. The van der Waals surface area contributed by atoms with Gasteiger partial charge in [-0.1, -0.05) is 0 Å². The summed E-state index contributed by atoms with van der Waals surface area (Å²) in [6.07, 6.45) is 1.69. The van der Waals surface area contributed by atoms with Crippen LogP contribution in [0, 0.1) is 0 Å². The molecule has 1 aromatic heterocycles. The average Bonchev–Trinajstić information content (AvgIpc) is 2.64. The highest BCUT2D eigenvalue weighted by molar-refractivity contribution is 7.90. The van der Waals surface area contributed by atoms with Crippen LogP contribution in [-0.2, 0) is 17.3 Å². The van der Waals surface area contributed by atoms with Gasteiger partial charge in [-0.3, -0.25) is 9.40 Å². The van der Waals surface area contributed by atoms with Gasteiger partial charge >= 0.3 is 10.2 Å². The van der Waals surface area contributed by atoms with Crippen LogP contribution >= 0.6 is 0 Å². The van der Waals surface area contributed by atoms with E-state index in [4.69, 9.17) is 0 Å². The predicted octanol–water partition coefficient (Wildman–Crippen LogP) is -1.02. The van der Waals surface area contributed by atoms with E-state index >= 15 is 0 Å². The van der Waals surface area contributed by atoms with E-state index in [0.29, 0.717) is 32.0 Å². The van der Waals surface area contributed by atoms with Gasteiger partial charge in [0.1, 0.15) is 0 Å². The number of hydrogen-bond donors (Lipinski definition) is 2. The molecule has 1 saturated heterocycles. The highest BCUT2D eigenvalue weighted by Crippen LogP contribution is 2.08. The molecule has 0 bridgehead atoms. The molecule has 8 heteroatoms. The predicted molar refractivity (Wildman–Crippen MR) is 60.2 cm³/mol. The van der Waals surface area contributed by atoms with Gasteiger partial charge in [0.05, 0.1) is 0 Å². The van der Waals surface area contributed by atoms with Crippen molar-refractivity contribution in [3.8, 4) is 0 Å². The number of aryl methyl sites for hydroxylation is 1. The molecular weight excluding hydrogens is 230 g/mol. The third kappa shape index (κ3) is 2.52. The summed E-state index contributed by atoms with van der Waals surface area (Å²) in [6, 6.07) is 1.62. The molecule has 0 amide bonds. The van der Waals surface area contributed by atoms with Crippen LogP contribution in [0.15, 0.2) is 12.3 Å². The molecule has 2 heterocycles. The summed E-state index contributed by atoms with van der Waals surface area (Å²) < 4.78 is 29.2. The molecule has 0 aromatic carbocycles. The minimum Gasteiger partial charge on any atom is -0.314 e. The number of nitrogens with zero attached hydrogens (tertiary/aromatic N) is 3. The number of piperazine rings is 1. The molecular formula is C8H15N5O2S. The molecule has 0 unspecified atom stereocenters. The smallest absolute Gasteiger partial charge is 0.302 e. The van der Waals surface area contributed by atoms with Crippen molar-refractivity contribution in [2.75, 3.05) is 30.9 Å². The van der Waals surface area contributed by atoms with E-state index in [-0.39, 0.29) is 0 Å². The van der Waals surface area contributed by atoms with Gasteiger partial charge < -0.3 is 5.32 Å². The molecule has 2 N–H and O–H groups in total. The average molecular weight is 245 g/mol. The van der Waals surface area contributed by atoms with Crippen LogP contribution in [0.25, 0.3) is 0 Å². The molecule has 7 nitrogen and oxygen atoms in total. The third-order valence-corrected chi connectivity index (χ3v) is 3.88. The number of rotatable bonds is 3. The van der Waals surface area contributed by atoms with E-state index in [1.54, 1.807) is 24.0 Å². The largest absolute Gasteiger partial charge is 0.314 e. The number of aromatic nitrogens is 2. The van der Waals surface area contributed by atoms with Crippen molar-refractivity contribution in [2.45, 2.75) is 0 Å². The number of nitrogens with one attached hydrogen (secondary N) is 2. The Labute approximate surface area is 94.6 Å². The van der Waals surface area contributed by atoms with Gasteiger partial charge in [-0.15, -0.1) is 0 Å². The van der Waals surface area contributed by atoms with Gasteiger partial charge in [0.2, 0.25) is 0 Å². The molecule has 2 rings (SSSR count). The van der Waals surface area contributed by atoms with E-state index < -0.39 is 10.2 Å². The van der Waals surface area contributed by atoms with Crippen LogP contribution in [0.1, 0.15) is 0 Å². The standard InChI is InChI=1S/C8H15N5O2S/c1-12-5-2-8(10-12)11-16(14,15)13-6-3-9-4-7-13/h2,5,9H,3-4,6-7H2,1H3,(H,10,11). The van der Waals surface area contributed by atoms with Gasteiger partial charge in [-0.25, -0.2) is 0 Å². The minimum atomic E-state index is -3.46. The Morgan fingerprint density at radius 3 is 2.69 bits per heavy atom. The second-order valence-electron chi connectivity index (χ2n) is 3.63. The van der Waals surface area contributed by atoms with Crippen molar-refractivity contribution in [1.82, 2.24) is 19.4 Å². The van der Waals surface area contributed by atoms with Gasteiger partial charge in [0.15, 0.2) is 5.82 Å². The summed E-state index contributed by atoms with van der Waals surface area (Å²) >= 11 is 0. The molecule has 1 aliphatic heterocycles. The Balaban J connectivity index is 2.07. The molecule has 1 aliphatic rings. The second-order valence-corrected chi connectivity index (χ2v) is 5.30. The molecule has 0 aliphatic carbocycles. The van der Waals surface area contributed by atoms with Crippen molar-refractivity contribution in [3.63, 3.8) is 0 Å². The number of anilines is 1. The highest BCUT2D eigenvalue weighted by Gasteiger charge is 2.23. The zero-order valence-electron chi connectivity index (χ0n) is 9.05. The SMILES string of the molecule is Cn1ccc(NS(=O)(=O)N2CCNCC2)n1. The minimum absolute atomic E-state index is 0.348. The Morgan fingerprint density at radius 2 is 2.12 bits per heavy atom. The van der Waals surface area contributed by atoms with Crippen molar-refractivity contribution < 1.29 is 8.42 Å². The van der Waals surface area contributed by atoms with Crippen LogP contribution in [0.5, 0.6) is 0 Å². The lowest BCUT2D eigenvalue weighted by molar-refractivity contribution is 0.362. The lowest BCUT2D eigenvalue weighted by Gasteiger charge is -2.26. The molecule has 1 fully saturated rings. The van der Waals surface area contributed by atoms with Crippen LogP contribution in [-0.4, -0.2) is 48.7 Å². The first-order valence-corrected chi connectivity index (χ1v) is 6.50. The Kier molecular flexibility index (Phi) is 3.13. The molecule has 0 saturated carbocycles. The van der Waals surface area contributed by atoms with E-state index in [1.807, 2.05) is 0 Å². The fraction of sp³-hybridized carbons (Fsp3) is 0.625. The Bertz CT molecular complexity index is 449. The first-order chi connectivity index (χ1) is 7.58. The Hall–Kier alpha value is -1.12. The summed E-state index contributed by atoms with van der Waals surface area (Å²) in [4.78, 5) is 0.